The van der Waals surface area contributed by atoms with Gasteiger partial charge in [-0.1, -0.05) is 62.8 Å². The lowest BCUT2D eigenvalue weighted by Gasteiger charge is -2.23. The van der Waals surface area contributed by atoms with Crippen molar-refractivity contribution in [2.45, 2.75) is 76.0 Å². The Morgan fingerprint density at radius 3 is 1.33 bits per heavy atom. The van der Waals surface area contributed by atoms with Gasteiger partial charge in [-0.05, 0) is 72.9 Å². The molecular formula is C24H32NO4P. The van der Waals surface area contributed by atoms with E-state index in [1.165, 1.54) is 75.3 Å². The van der Waals surface area contributed by atoms with E-state index in [4.69, 9.17) is 14.9 Å². The number of phosphoric acid groups is 1. The molecule has 2 aliphatic rings. The van der Waals surface area contributed by atoms with Crippen molar-refractivity contribution in [2.24, 2.45) is 5.90 Å². The van der Waals surface area contributed by atoms with Crippen LogP contribution in [0.25, 0.3) is 0 Å². The minimum atomic E-state index is -3.96. The fraction of sp³-hybridized carbons (Fsp3) is 0.500. The van der Waals surface area contributed by atoms with E-state index in [1.807, 2.05) is 48.5 Å². The summed E-state index contributed by atoms with van der Waals surface area (Å²) in [6.07, 6.45) is 12.7. The quantitative estimate of drug-likeness (QED) is 0.371. The molecule has 0 unspecified atom stereocenters. The third-order valence-electron chi connectivity index (χ3n) is 6.48. The van der Waals surface area contributed by atoms with Gasteiger partial charge < -0.3 is 9.05 Å². The van der Waals surface area contributed by atoms with E-state index in [0.29, 0.717) is 23.3 Å². The smallest absolute Gasteiger partial charge is 0.394 e. The molecule has 162 valence electrons. The van der Waals surface area contributed by atoms with E-state index in [1.54, 1.807) is 0 Å². The number of hydrogen-bond donors (Lipinski definition) is 1. The van der Waals surface area contributed by atoms with Gasteiger partial charge in [-0.2, -0.15) is 4.62 Å². The fourth-order valence-electron chi connectivity index (χ4n) is 4.79. The van der Waals surface area contributed by atoms with Crippen LogP contribution in [0, 0.1) is 0 Å². The number of rotatable bonds is 7. The van der Waals surface area contributed by atoms with Crippen LogP contribution in [-0.4, -0.2) is 0 Å². The molecule has 0 radical (unpaired) electrons. The molecule has 2 N–H and O–H groups in total. The lowest BCUT2D eigenvalue weighted by molar-refractivity contribution is 0.214. The van der Waals surface area contributed by atoms with Gasteiger partial charge in [-0.3, -0.25) is 0 Å². The van der Waals surface area contributed by atoms with Crippen molar-refractivity contribution >= 4 is 7.82 Å². The standard InChI is InChI=1S/C24H32NO4P/c25-29-30(26,27-23-15-11-21(12-16-23)19-7-3-1-4-8-19)28-24-17-13-22(14-18-24)20-9-5-2-6-10-20/h11-20H,1-10,25H2. The van der Waals surface area contributed by atoms with Crippen molar-refractivity contribution in [1.82, 2.24) is 0 Å². The van der Waals surface area contributed by atoms with Crippen LogP contribution in [0.3, 0.4) is 0 Å². The Morgan fingerprint density at radius 1 is 0.633 bits per heavy atom. The Labute approximate surface area is 179 Å². The second-order valence-electron chi connectivity index (χ2n) is 8.54. The van der Waals surface area contributed by atoms with Crippen molar-refractivity contribution in [2.75, 3.05) is 0 Å². The Kier molecular flexibility index (Phi) is 7.14. The molecule has 2 aliphatic carbocycles. The molecule has 0 aliphatic heterocycles. The molecule has 0 aromatic heterocycles. The predicted octanol–water partition coefficient (Wildman–Crippen LogP) is 7.24. The van der Waals surface area contributed by atoms with Crippen LogP contribution in [0.5, 0.6) is 11.5 Å². The second kappa shape index (κ2) is 10.00. The van der Waals surface area contributed by atoms with Crippen LogP contribution < -0.4 is 14.9 Å². The third-order valence-corrected chi connectivity index (χ3v) is 7.60. The van der Waals surface area contributed by atoms with E-state index in [9.17, 15) is 4.57 Å². The normalized spacial score (nSPS) is 18.8. The first-order valence-corrected chi connectivity index (χ1v) is 12.7. The summed E-state index contributed by atoms with van der Waals surface area (Å²) < 4.78 is 28.6. The monoisotopic (exact) mass is 429 g/mol. The van der Waals surface area contributed by atoms with Crippen LogP contribution in [0.4, 0.5) is 0 Å². The van der Waals surface area contributed by atoms with Gasteiger partial charge in [0.2, 0.25) is 0 Å². The predicted molar refractivity (Wildman–Crippen MR) is 119 cm³/mol. The van der Waals surface area contributed by atoms with Gasteiger partial charge >= 0.3 is 7.82 Å². The molecule has 0 amide bonds. The van der Waals surface area contributed by atoms with Gasteiger partial charge in [0.1, 0.15) is 11.5 Å². The van der Waals surface area contributed by atoms with Crippen molar-refractivity contribution in [3.63, 3.8) is 0 Å². The minimum Gasteiger partial charge on any atom is -0.394 e. The first kappa shape index (κ1) is 21.4. The molecule has 4 rings (SSSR count). The molecule has 6 heteroatoms. The summed E-state index contributed by atoms with van der Waals surface area (Å²) in [6.45, 7) is 0. The summed E-state index contributed by atoms with van der Waals surface area (Å²) in [4.78, 5) is 0. The largest absolute Gasteiger partial charge is 0.604 e. The van der Waals surface area contributed by atoms with Crippen LogP contribution in [0.1, 0.15) is 87.2 Å². The minimum absolute atomic E-state index is 0.419. The molecule has 2 aromatic carbocycles. The number of phosphoric ester groups is 1. The van der Waals surface area contributed by atoms with E-state index >= 15 is 0 Å². The molecule has 30 heavy (non-hydrogen) atoms. The molecule has 0 spiro atoms. The van der Waals surface area contributed by atoms with E-state index in [2.05, 4.69) is 4.62 Å². The Hall–Kier alpha value is -1.81. The Balaban J connectivity index is 1.39. The Morgan fingerprint density at radius 2 is 1.00 bits per heavy atom. The van der Waals surface area contributed by atoms with Gasteiger partial charge in [0, 0.05) is 0 Å². The number of benzene rings is 2. The fourth-order valence-corrected chi connectivity index (χ4v) is 5.68. The van der Waals surface area contributed by atoms with Gasteiger partial charge in [0.05, 0.1) is 0 Å². The molecule has 2 aromatic rings. The second-order valence-corrected chi connectivity index (χ2v) is 10.0. The van der Waals surface area contributed by atoms with Crippen molar-refractivity contribution < 1.29 is 18.2 Å². The molecule has 0 atom stereocenters. The van der Waals surface area contributed by atoms with Gasteiger partial charge in [0.15, 0.2) is 0 Å². The number of nitrogens with two attached hydrogens (primary N) is 1. The van der Waals surface area contributed by atoms with E-state index in [-0.39, 0.29) is 0 Å². The molecule has 5 nitrogen and oxygen atoms in total. The summed E-state index contributed by atoms with van der Waals surface area (Å²) in [6, 6.07) is 15.4. The molecule has 0 bridgehead atoms. The highest BCUT2D eigenvalue weighted by molar-refractivity contribution is 7.49. The van der Waals surface area contributed by atoms with Crippen molar-refractivity contribution in [3.8, 4) is 11.5 Å². The van der Waals surface area contributed by atoms with E-state index in [0.717, 1.165) is 0 Å². The highest BCUT2D eigenvalue weighted by Gasteiger charge is 2.30. The Bertz CT molecular complexity index is 773. The zero-order valence-corrected chi connectivity index (χ0v) is 18.4. The SMILES string of the molecule is NOP(=O)(Oc1ccc(C2CCCCC2)cc1)Oc1ccc(C2CCCCC2)cc1. The molecule has 2 fully saturated rings. The van der Waals surface area contributed by atoms with Crippen LogP contribution in [-0.2, 0) is 9.19 Å². The van der Waals surface area contributed by atoms with E-state index < -0.39 is 7.82 Å². The molecule has 0 saturated heterocycles. The van der Waals surface area contributed by atoms with Gasteiger partial charge in [-0.15, -0.1) is 0 Å². The number of hydrogen-bond acceptors (Lipinski definition) is 5. The van der Waals surface area contributed by atoms with Crippen LogP contribution in [0.2, 0.25) is 0 Å². The first-order valence-electron chi connectivity index (χ1n) is 11.2. The zero-order valence-electron chi connectivity index (χ0n) is 17.5. The average molecular weight is 429 g/mol. The van der Waals surface area contributed by atoms with Crippen LogP contribution in [0.15, 0.2) is 48.5 Å². The highest BCUT2D eigenvalue weighted by atomic mass is 31.2. The molecule has 0 heterocycles. The highest BCUT2D eigenvalue weighted by Crippen LogP contribution is 2.48. The summed E-state index contributed by atoms with van der Waals surface area (Å²) in [7, 11) is -3.96. The summed E-state index contributed by atoms with van der Waals surface area (Å²) in [5, 5.41) is 0. The molecule has 2 saturated carbocycles. The van der Waals surface area contributed by atoms with Crippen LogP contribution >= 0.6 is 7.82 Å². The summed E-state index contributed by atoms with van der Waals surface area (Å²) in [5.74, 6) is 7.32. The third kappa shape index (κ3) is 5.46. The first-order chi connectivity index (χ1) is 14.6. The van der Waals surface area contributed by atoms with Crippen molar-refractivity contribution in [3.05, 3.63) is 59.7 Å². The maximum absolute atomic E-state index is 12.9. The molecular weight excluding hydrogens is 397 g/mol. The van der Waals surface area contributed by atoms with Gasteiger partial charge in [0.25, 0.3) is 0 Å². The average Bonchev–Trinajstić information content (AvgIpc) is 2.81. The topological polar surface area (TPSA) is 70.8 Å². The maximum atomic E-state index is 12.9. The summed E-state index contributed by atoms with van der Waals surface area (Å²) >= 11 is 0. The van der Waals surface area contributed by atoms with Crippen molar-refractivity contribution in [1.29, 1.82) is 0 Å². The summed E-state index contributed by atoms with van der Waals surface area (Å²) in [5.41, 5.74) is 2.59. The lowest BCUT2D eigenvalue weighted by atomic mass is 9.84. The lowest BCUT2D eigenvalue weighted by Crippen LogP contribution is -2.09. The maximum Gasteiger partial charge on any atom is 0.604 e. The zero-order chi connectivity index (χ0) is 20.8. The van der Waals surface area contributed by atoms with Gasteiger partial charge in [-0.25, -0.2) is 10.5 Å².